The topological polar surface area (TPSA) is 93.4 Å². The molecule has 2 atom stereocenters. The summed E-state index contributed by atoms with van der Waals surface area (Å²) in [6.45, 7) is 3.88. The SMILES string of the molecule is COc1ccc(C(=O)N2CC[C@H](COC3C=C(n4c(C(F)F)nc5ccccc54)NC(N4CCOCC4)=N3)C2)cc1. The van der Waals surface area contributed by atoms with Crippen LogP contribution in [0.3, 0.4) is 0 Å². The van der Waals surface area contributed by atoms with Crippen molar-refractivity contribution < 1.29 is 27.8 Å². The molecule has 2 fully saturated rings. The summed E-state index contributed by atoms with van der Waals surface area (Å²) in [4.78, 5) is 25.8. The smallest absolute Gasteiger partial charge is 0.296 e. The molecule has 1 amide bonds. The van der Waals surface area contributed by atoms with Crippen LogP contribution in [0, 0.1) is 5.92 Å². The van der Waals surface area contributed by atoms with Crippen molar-refractivity contribution in [3.8, 4) is 5.75 Å². The number of likely N-dealkylation sites (tertiary alicyclic amines) is 1. The summed E-state index contributed by atoms with van der Waals surface area (Å²) in [6.07, 6.45) is -0.977. The number of guanidine groups is 1. The Morgan fingerprint density at radius 3 is 2.66 bits per heavy atom. The second-order valence-electron chi connectivity index (χ2n) is 10.2. The number of imidazole rings is 1. The summed E-state index contributed by atoms with van der Waals surface area (Å²) < 4.78 is 46.6. The zero-order valence-corrected chi connectivity index (χ0v) is 22.7. The highest BCUT2D eigenvalue weighted by Gasteiger charge is 2.30. The van der Waals surface area contributed by atoms with Crippen molar-refractivity contribution in [1.29, 1.82) is 0 Å². The van der Waals surface area contributed by atoms with Gasteiger partial charge < -0.3 is 29.3 Å². The third kappa shape index (κ3) is 5.75. The van der Waals surface area contributed by atoms with E-state index in [2.05, 4.69) is 10.3 Å². The van der Waals surface area contributed by atoms with Gasteiger partial charge in [0.2, 0.25) is 5.96 Å². The van der Waals surface area contributed by atoms with Crippen LogP contribution < -0.4 is 10.1 Å². The van der Waals surface area contributed by atoms with E-state index < -0.39 is 12.7 Å². The molecule has 0 radical (unpaired) electrons. The van der Waals surface area contributed by atoms with Gasteiger partial charge in [-0.05, 0) is 42.8 Å². The van der Waals surface area contributed by atoms with Gasteiger partial charge in [0.1, 0.15) is 11.6 Å². The zero-order chi connectivity index (χ0) is 28.3. The summed E-state index contributed by atoms with van der Waals surface area (Å²) in [7, 11) is 1.59. The Kier molecular flexibility index (Phi) is 7.84. The number of hydrogen-bond acceptors (Lipinski definition) is 8. The van der Waals surface area contributed by atoms with Gasteiger partial charge in [0.05, 0.1) is 38.0 Å². The van der Waals surface area contributed by atoms with Gasteiger partial charge in [-0.1, -0.05) is 12.1 Å². The average Bonchev–Trinajstić information content (AvgIpc) is 3.65. The summed E-state index contributed by atoms with van der Waals surface area (Å²) in [5.74, 6) is 1.39. The molecule has 1 aromatic heterocycles. The lowest BCUT2D eigenvalue weighted by molar-refractivity contribution is 0.0531. The summed E-state index contributed by atoms with van der Waals surface area (Å²) in [5, 5.41) is 3.25. The number of alkyl halides is 2. The Bertz CT molecular complexity index is 1450. The molecule has 4 heterocycles. The lowest BCUT2D eigenvalue weighted by atomic mass is 10.1. The van der Waals surface area contributed by atoms with Gasteiger partial charge in [0.15, 0.2) is 12.1 Å². The number of aromatic nitrogens is 2. The third-order valence-corrected chi connectivity index (χ3v) is 7.54. The normalized spacial score (nSPS) is 21.2. The Balaban J connectivity index is 1.20. The molecule has 216 valence electrons. The van der Waals surface area contributed by atoms with Gasteiger partial charge in [-0.25, -0.2) is 18.8 Å². The first-order valence-electron chi connectivity index (χ1n) is 13.7. The molecular formula is C29H32F2N6O4. The molecule has 3 aliphatic heterocycles. The number of carbonyl (C=O) groups is 1. The second-order valence-corrected chi connectivity index (χ2v) is 10.2. The van der Waals surface area contributed by atoms with Gasteiger partial charge in [0.25, 0.3) is 12.3 Å². The van der Waals surface area contributed by atoms with Crippen molar-refractivity contribution in [2.75, 3.05) is 53.1 Å². The molecule has 0 aliphatic carbocycles. The first kappa shape index (κ1) is 27.2. The minimum atomic E-state index is -2.78. The van der Waals surface area contributed by atoms with Crippen LogP contribution in [-0.2, 0) is 9.47 Å². The quantitative estimate of drug-likeness (QED) is 0.468. The fourth-order valence-electron chi connectivity index (χ4n) is 5.38. The van der Waals surface area contributed by atoms with E-state index in [1.807, 2.05) is 9.80 Å². The summed E-state index contributed by atoms with van der Waals surface area (Å²) in [6, 6.07) is 14.1. The van der Waals surface area contributed by atoms with Crippen molar-refractivity contribution in [3.63, 3.8) is 0 Å². The van der Waals surface area contributed by atoms with E-state index in [9.17, 15) is 13.6 Å². The fraction of sp³-hybridized carbons (Fsp3) is 0.414. The molecule has 12 heteroatoms. The van der Waals surface area contributed by atoms with Gasteiger partial charge in [-0.3, -0.25) is 9.36 Å². The standard InChI is InChI=1S/C29H32F2N6O4/c1-39-21-8-6-20(7-9-21)28(38)36-11-10-19(17-36)18-41-25-16-24(33-29(34-25)35-12-14-40-15-13-35)37-23-5-3-2-4-22(23)32-27(37)26(30)31/h2-9,16,19,25-26H,10-15,17-18H2,1H3,(H,33,34)/t19-,25?/m0/s1. The number of nitrogens with one attached hydrogen (secondary N) is 1. The lowest BCUT2D eigenvalue weighted by Crippen LogP contribution is -2.49. The van der Waals surface area contributed by atoms with E-state index in [0.29, 0.717) is 80.1 Å². The molecule has 2 aromatic carbocycles. The maximum Gasteiger partial charge on any atom is 0.296 e. The number of methoxy groups -OCH3 is 1. The number of ether oxygens (including phenoxy) is 3. The first-order valence-corrected chi connectivity index (χ1v) is 13.7. The number of fused-ring (bicyclic) bond motifs is 1. The predicted octanol–water partition coefficient (Wildman–Crippen LogP) is 3.58. The highest BCUT2D eigenvalue weighted by atomic mass is 19.3. The zero-order valence-electron chi connectivity index (χ0n) is 22.7. The average molecular weight is 567 g/mol. The highest BCUT2D eigenvalue weighted by molar-refractivity contribution is 5.94. The van der Waals surface area contributed by atoms with Gasteiger partial charge in [0, 0.05) is 43.7 Å². The van der Waals surface area contributed by atoms with E-state index >= 15 is 0 Å². The van der Waals surface area contributed by atoms with Crippen molar-refractivity contribution in [1.82, 2.24) is 24.7 Å². The van der Waals surface area contributed by atoms with Crippen LogP contribution in [0.15, 0.2) is 59.6 Å². The Morgan fingerprint density at radius 1 is 1.12 bits per heavy atom. The molecular weight excluding hydrogens is 534 g/mol. The van der Waals surface area contributed by atoms with E-state index in [0.717, 1.165) is 6.42 Å². The summed E-state index contributed by atoms with van der Waals surface area (Å²) >= 11 is 0. The van der Waals surface area contributed by atoms with E-state index in [1.54, 1.807) is 61.7 Å². The van der Waals surface area contributed by atoms with Crippen LogP contribution in [0.4, 0.5) is 8.78 Å². The molecule has 0 saturated carbocycles. The maximum atomic E-state index is 14.1. The molecule has 3 aliphatic rings. The predicted molar refractivity (Wildman–Crippen MR) is 149 cm³/mol. The molecule has 0 bridgehead atoms. The fourth-order valence-corrected chi connectivity index (χ4v) is 5.38. The number of benzene rings is 2. The van der Waals surface area contributed by atoms with E-state index in [4.69, 9.17) is 19.2 Å². The second kappa shape index (κ2) is 11.8. The molecule has 1 unspecified atom stereocenters. The largest absolute Gasteiger partial charge is 0.497 e. The van der Waals surface area contributed by atoms with Gasteiger partial charge in [-0.2, -0.15) is 0 Å². The van der Waals surface area contributed by atoms with Crippen LogP contribution in [0.1, 0.15) is 29.0 Å². The Hall–Kier alpha value is -4.03. The summed E-state index contributed by atoms with van der Waals surface area (Å²) in [5.41, 5.74) is 1.65. The number of para-hydroxylation sites is 2. The highest BCUT2D eigenvalue weighted by Crippen LogP contribution is 2.29. The number of hydrogen-bond donors (Lipinski definition) is 1. The number of nitrogens with zero attached hydrogens (tertiary/aromatic N) is 5. The minimum absolute atomic E-state index is 0.0293. The van der Waals surface area contributed by atoms with Crippen LogP contribution in [0.5, 0.6) is 5.75 Å². The van der Waals surface area contributed by atoms with Crippen molar-refractivity contribution >= 4 is 28.7 Å². The molecule has 3 aromatic rings. The van der Waals surface area contributed by atoms with E-state index in [-0.39, 0.29) is 17.6 Å². The Morgan fingerprint density at radius 2 is 1.90 bits per heavy atom. The van der Waals surface area contributed by atoms with Crippen molar-refractivity contribution in [2.45, 2.75) is 19.1 Å². The van der Waals surface area contributed by atoms with Crippen LogP contribution in [-0.4, -0.2) is 90.6 Å². The maximum absolute atomic E-state index is 14.1. The third-order valence-electron chi connectivity index (χ3n) is 7.54. The van der Waals surface area contributed by atoms with Gasteiger partial charge in [-0.15, -0.1) is 0 Å². The molecule has 10 nitrogen and oxygen atoms in total. The van der Waals surface area contributed by atoms with Crippen LogP contribution in [0.2, 0.25) is 0 Å². The number of amides is 1. The Labute approximate surface area is 236 Å². The van der Waals surface area contributed by atoms with Crippen molar-refractivity contribution in [3.05, 3.63) is 66.0 Å². The number of aliphatic imine (C=N–C) groups is 1. The van der Waals surface area contributed by atoms with Crippen molar-refractivity contribution in [2.24, 2.45) is 10.9 Å². The molecule has 0 spiro atoms. The van der Waals surface area contributed by atoms with Gasteiger partial charge >= 0.3 is 0 Å². The molecule has 1 N–H and O–H groups in total. The number of rotatable bonds is 7. The first-order chi connectivity index (χ1) is 20.0. The molecule has 41 heavy (non-hydrogen) atoms. The van der Waals surface area contributed by atoms with Crippen LogP contribution in [0.25, 0.3) is 16.9 Å². The lowest BCUT2D eigenvalue weighted by Gasteiger charge is -2.34. The minimum Gasteiger partial charge on any atom is -0.497 e. The monoisotopic (exact) mass is 566 g/mol. The number of morpholine rings is 1. The molecule has 6 rings (SSSR count). The van der Waals surface area contributed by atoms with Crippen LogP contribution >= 0.6 is 0 Å². The number of halogens is 2. The molecule has 2 saturated heterocycles. The number of carbonyl (C=O) groups excluding carboxylic acids is 1. The van der Waals surface area contributed by atoms with E-state index in [1.165, 1.54) is 4.57 Å².